The van der Waals surface area contributed by atoms with Crippen LogP contribution < -0.4 is 5.32 Å². The first-order chi connectivity index (χ1) is 14.9. The Balaban J connectivity index is 1.47. The summed E-state index contributed by atoms with van der Waals surface area (Å²) in [6.07, 6.45) is 0. The molecule has 0 unspecified atom stereocenters. The van der Waals surface area contributed by atoms with Gasteiger partial charge in [0.1, 0.15) is 5.37 Å². The van der Waals surface area contributed by atoms with Crippen LogP contribution in [0.15, 0.2) is 66.7 Å². The number of amides is 2. The van der Waals surface area contributed by atoms with Gasteiger partial charge in [-0.3, -0.25) is 9.59 Å². The van der Waals surface area contributed by atoms with E-state index in [4.69, 9.17) is 11.6 Å². The van der Waals surface area contributed by atoms with Crippen LogP contribution in [-0.4, -0.2) is 22.5 Å². The fourth-order valence-electron chi connectivity index (χ4n) is 3.51. The van der Waals surface area contributed by atoms with E-state index in [1.54, 1.807) is 11.8 Å². The SMILES string of the molecule is Cc1ccc(NC(=O)c2ccc([C@H]3SCC(=O)N3Cc3ccc(Cl)cc3)cc2)cc1C. The quantitative estimate of drug-likeness (QED) is 0.519. The van der Waals surface area contributed by atoms with Gasteiger partial charge in [-0.05, 0) is 72.5 Å². The number of hydrogen-bond acceptors (Lipinski definition) is 3. The van der Waals surface area contributed by atoms with Crippen LogP contribution in [0.25, 0.3) is 0 Å². The molecule has 0 saturated carbocycles. The van der Waals surface area contributed by atoms with Crippen molar-refractivity contribution in [2.45, 2.75) is 25.8 Å². The van der Waals surface area contributed by atoms with Crippen LogP contribution in [-0.2, 0) is 11.3 Å². The lowest BCUT2D eigenvalue weighted by molar-refractivity contribution is -0.128. The second-order valence-corrected chi connectivity index (χ2v) is 9.19. The molecule has 0 aliphatic carbocycles. The Bertz CT molecular complexity index is 1110. The number of nitrogens with zero attached hydrogens (tertiary/aromatic N) is 1. The molecule has 1 atom stereocenters. The van der Waals surface area contributed by atoms with Gasteiger partial charge in [0.05, 0.1) is 5.75 Å². The van der Waals surface area contributed by atoms with E-state index in [0.29, 0.717) is 22.9 Å². The van der Waals surface area contributed by atoms with Gasteiger partial charge in [-0.15, -0.1) is 11.8 Å². The summed E-state index contributed by atoms with van der Waals surface area (Å²) < 4.78 is 0. The molecule has 4 nitrogen and oxygen atoms in total. The average molecular weight is 451 g/mol. The number of carbonyl (C=O) groups excluding carboxylic acids is 2. The number of benzene rings is 3. The van der Waals surface area contributed by atoms with Gasteiger partial charge in [-0.25, -0.2) is 0 Å². The normalized spacial score (nSPS) is 15.9. The summed E-state index contributed by atoms with van der Waals surface area (Å²) in [5, 5.41) is 3.56. The lowest BCUT2D eigenvalue weighted by Gasteiger charge is -2.24. The predicted molar refractivity (Wildman–Crippen MR) is 128 cm³/mol. The Hall–Kier alpha value is -2.76. The Morgan fingerprint density at radius 3 is 2.42 bits per heavy atom. The Labute approximate surface area is 191 Å². The maximum Gasteiger partial charge on any atom is 0.255 e. The van der Waals surface area contributed by atoms with Crippen molar-refractivity contribution in [3.63, 3.8) is 0 Å². The number of aryl methyl sites for hydroxylation is 2. The highest BCUT2D eigenvalue weighted by Gasteiger charge is 2.32. The van der Waals surface area contributed by atoms with Gasteiger partial charge >= 0.3 is 0 Å². The zero-order valence-corrected chi connectivity index (χ0v) is 19.0. The largest absolute Gasteiger partial charge is 0.322 e. The van der Waals surface area contributed by atoms with Crippen molar-refractivity contribution in [2.75, 3.05) is 11.1 Å². The molecule has 3 aromatic carbocycles. The molecule has 1 N–H and O–H groups in total. The number of rotatable bonds is 5. The van der Waals surface area contributed by atoms with Gasteiger partial charge in [-0.2, -0.15) is 0 Å². The summed E-state index contributed by atoms with van der Waals surface area (Å²) in [4.78, 5) is 27.0. The highest BCUT2D eigenvalue weighted by Crippen LogP contribution is 2.39. The van der Waals surface area contributed by atoms with Crippen molar-refractivity contribution in [1.29, 1.82) is 0 Å². The molecule has 1 aliphatic heterocycles. The van der Waals surface area contributed by atoms with E-state index >= 15 is 0 Å². The maximum absolute atomic E-state index is 12.6. The van der Waals surface area contributed by atoms with Crippen molar-refractivity contribution >= 4 is 40.9 Å². The molecule has 1 heterocycles. The van der Waals surface area contributed by atoms with Crippen molar-refractivity contribution in [2.24, 2.45) is 0 Å². The van der Waals surface area contributed by atoms with Gasteiger partial charge < -0.3 is 10.2 Å². The minimum absolute atomic E-state index is 0.0694. The van der Waals surface area contributed by atoms with E-state index in [9.17, 15) is 9.59 Å². The molecule has 4 rings (SSSR count). The van der Waals surface area contributed by atoms with E-state index in [1.165, 1.54) is 5.56 Å². The molecule has 31 heavy (non-hydrogen) atoms. The monoisotopic (exact) mass is 450 g/mol. The molecule has 158 valence electrons. The fraction of sp³-hybridized carbons (Fsp3) is 0.200. The van der Waals surface area contributed by atoms with Crippen LogP contribution in [0.4, 0.5) is 5.69 Å². The molecule has 0 radical (unpaired) electrons. The first-order valence-corrected chi connectivity index (χ1v) is 11.5. The van der Waals surface area contributed by atoms with E-state index < -0.39 is 0 Å². The van der Waals surface area contributed by atoms with E-state index in [2.05, 4.69) is 5.32 Å². The molecule has 3 aromatic rings. The number of carbonyl (C=O) groups is 2. The number of thioether (sulfide) groups is 1. The van der Waals surface area contributed by atoms with E-state index in [0.717, 1.165) is 22.4 Å². The van der Waals surface area contributed by atoms with E-state index in [1.807, 2.05) is 85.5 Å². The van der Waals surface area contributed by atoms with Crippen LogP contribution in [0.1, 0.15) is 38.0 Å². The average Bonchev–Trinajstić information content (AvgIpc) is 3.12. The topological polar surface area (TPSA) is 49.4 Å². The first-order valence-electron chi connectivity index (χ1n) is 10.0. The molecule has 0 bridgehead atoms. The van der Waals surface area contributed by atoms with Crippen molar-refractivity contribution in [3.8, 4) is 0 Å². The van der Waals surface area contributed by atoms with Crippen LogP contribution in [0, 0.1) is 13.8 Å². The molecule has 1 saturated heterocycles. The number of anilines is 1. The second-order valence-electron chi connectivity index (χ2n) is 7.69. The van der Waals surface area contributed by atoms with Crippen LogP contribution in [0.3, 0.4) is 0 Å². The molecule has 6 heteroatoms. The minimum Gasteiger partial charge on any atom is -0.322 e. The van der Waals surface area contributed by atoms with Gasteiger partial charge in [0.25, 0.3) is 5.91 Å². The Morgan fingerprint density at radius 1 is 1.03 bits per heavy atom. The minimum atomic E-state index is -0.150. The molecule has 0 spiro atoms. The van der Waals surface area contributed by atoms with E-state index in [-0.39, 0.29) is 17.2 Å². The zero-order chi connectivity index (χ0) is 22.0. The standard InChI is InChI=1S/C25H23ClN2O2S/c1-16-3-12-22(13-17(16)2)27-24(30)19-6-8-20(9-7-19)25-28(23(29)15-31-25)14-18-4-10-21(26)11-5-18/h3-13,25H,14-15H2,1-2H3,(H,27,30)/t25-/m1/s1. The van der Waals surface area contributed by atoms with Crippen molar-refractivity contribution in [1.82, 2.24) is 4.90 Å². The summed E-state index contributed by atoms with van der Waals surface area (Å²) in [6.45, 7) is 4.60. The Kier molecular flexibility index (Phi) is 6.35. The molecule has 2 amide bonds. The zero-order valence-electron chi connectivity index (χ0n) is 17.4. The smallest absolute Gasteiger partial charge is 0.255 e. The lowest BCUT2D eigenvalue weighted by Crippen LogP contribution is -2.27. The molecular formula is C25H23ClN2O2S. The second kappa shape index (κ2) is 9.16. The van der Waals surface area contributed by atoms with Gasteiger partial charge in [0.2, 0.25) is 5.91 Å². The van der Waals surface area contributed by atoms with Crippen LogP contribution >= 0.6 is 23.4 Å². The molecule has 1 fully saturated rings. The third-order valence-corrected chi connectivity index (χ3v) is 6.97. The third-order valence-electron chi connectivity index (χ3n) is 5.46. The molecular weight excluding hydrogens is 428 g/mol. The van der Waals surface area contributed by atoms with Gasteiger partial charge in [0.15, 0.2) is 0 Å². The summed E-state index contributed by atoms with van der Waals surface area (Å²) >= 11 is 7.57. The predicted octanol–water partition coefficient (Wildman–Crippen LogP) is 5.98. The Morgan fingerprint density at radius 2 is 1.74 bits per heavy atom. The summed E-state index contributed by atoms with van der Waals surface area (Å²) in [6, 6.07) is 20.9. The van der Waals surface area contributed by atoms with Crippen LogP contribution in [0.5, 0.6) is 0 Å². The number of hydrogen-bond donors (Lipinski definition) is 1. The third kappa shape index (κ3) is 4.94. The van der Waals surface area contributed by atoms with Crippen LogP contribution in [0.2, 0.25) is 5.02 Å². The molecule has 1 aliphatic rings. The highest BCUT2D eigenvalue weighted by atomic mass is 35.5. The first kappa shape index (κ1) is 21.5. The van der Waals surface area contributed by atoms with Gasteiger partial charge in [-0.1, -0.05) is 41.9 Å². The summed E-state index contributed by atoms with van der Waals surface area (Å²) in [7, 11) is 0. The fourth-order valence-corrected chi connectivity index (χ4v) is 4.82. The summed E-state index contributed by atoms with van der Waals surface area (Å²) in [5.74, 6) is 0.414. The van der Waals surface area contributed by atoms with Gasteiger partial charge in [0, 0.05) is 22.8 Å². The van der Waals surface area contributed by atoms with Crippen molar-refractivity contribution < 1.29 is 9.59 Å². The highest BCUT2D eigenvalue weighted by molar-refractivity contribution is 8.00. The maximum atomic E-state index is 12.6. The summed E-state index contributed by atoms with van der Waals surface area (Å²) in [5.41, 5.74) is 5.73. The number of halogens is 1. The lowest BCUT2D eigenvalue weighted by atomic mass is 10.1. The van der Waals surface area contributed by atoms with Crippen molar-refractivity contribution in [3.05, 3.63) is 99.6 Å². The number of nitrogens with one attached hydrogen (secondary N) is 1. The molecule has 0 aromatic heterocycles.